The van der Waals surface area contributed by atoms with E-state index in [0.717, 1.165) is 36.9 Å². The molecule has 2 nitrogen and oxygen atoms in total. The highest BCUT2D eigenvalue weighted by Gasteiger charge is 2.44. The summed E-state index contributed by atoms with van der Waals surface area (Å²) in [5.41, 5.74) is -0.0946. The van der Waals surface area contributed by atoms with Gasteiger partial charge in [-0.2, -0.15) is 0 Å². The normalized spacial score (nSPS) is 34.8. The molecule has 3 unspecified atom stereocenters. The van der Waals surface area contributed by atoms with E-state index < -0.39 is 5.60 Å². The molecule has 2 aliphatic heterocycles. The van der Waals surface area contributed by atoms with Crippen LogP contribution in [-0.2, 0) is 6.42 Å². The van der Waals surface area contributed by atoms with Gasteiger partial charge in [0.05, 0.1) is 5.60 Å². The van der Waals surface area contributed by atoms with Crippen molar-refractivity contribution in [2.24, 2.45) is 5.92 Å². The van der Waals surface area contributed by atoms with Crippen molar-refractivity contribution in [1.29, 1.82) is 0 Å². The van der Waals surface area contributed by atoms with Crippen molar-refractivity contribution >= 4 is 15.9 Å². The number of aliphatic hydroxyl groups is 1. The number of hydrogen-bond acceptors (Lipinski definition) is 2. The van der Waals surface area contributed by atoms with E-state index in [2.05, 4.69) is 20.8 Å². The summed E-state index contributed by atoms with van der Waals surface area (Å²) >= 11 is 3.26. The predicted molar refractivity (Wildman–Crippen MR) is 71.9 cm³/mol. The monoisotopic (exact) mass is 313 g/mol. The largest absolute Gasteiger partial charge is 0.389 e. The first-order chi connectivity index (χ1) is 8.57. The number of piperidine rings is 1. The van der Waals surface area contributed by atoms with Gasteiger partial charge >= 0.3 is 0 Å². The number of nitrogens with zero attached hydrogens (tertiary/aromatic N) is 1. The smallest absolute Gasteiger partial charge is 0.127 e. The molecule has 98 valence electrons. The molecule has 3 rings (SSSR count). The van der Waals surface area contributed by atoms with E-state index in [1.807, 2.05) is 6.07 Å². The van der Waals surface area contributed by atoms with Crippen LogP contribution in [0, 0.1) is 11.7 Å². The van der Waals surface area contributed by atoms with Crippen LogP contribution < -0.4 is 0 Å². The van der Waals surface area contributed by atoms with Gasteiger partial charge in [-0.25, -0.2) is 4.39 Å². The third kappa shape index (κ3) is 2.22. The van der Waals surface area contributed by atoms with E-state index in [-0.39, 0.29) is 5.82 Å². The third-order valence-electron chi connectivity index (χ3n) is 4.40. The molecule has 0 spiro atoms. The number of halogens is 2. The van der Waals surface area contributed by atoms with Gasteiger partial charge in [-0.1, -0.05) is 22.0 Å². The van der Waals surface area contributed by atoms with Crippen molar-refractivity contribution in [3.63, 3.8) is 0 Å². The van der Waals surface area contributed by atoms with E-state index in [0.29, 0.717) is 17.9 Å². The molecule has 2 aliphatic rings. The van der Waals surface area contributed by atoms with Gasteiger partial charge in [-0.05, 0) is 37.1 Å². The Morgan fingerprint density at radius 3 is 3.06 bits per heavy atom. The fourth-order valence-corrected chi connectivity index (χ4v) is 3.59. The molecule has 1 N–H and O–H groups in total. The standard InChI is InChI=1S/C14H17BrFNO/c15-12-2-1-10(13(16)7-12)8-14(18)4-6-17-5-3-11(14)9-17/h1-2,7,11,18H,3-6,8-9H2. The Hall–Kier alpha value is -0.450. The topological polar surface area (TPSA) is 23.5 Å². The first-order valence-electron chi connectivity index (χ1n) is 6.45. The lowest BCUT2D eigenvalue weighted by molar-refractivity contribution is -0.0444. The maximum Gasteiger partial charge on any atom is 0.127 e. The molecule has 0 saturated carbocycles. The van der Waals surface area contributed by atoms with Gasteiger partial charge in [0.15, 0.2) is 0 Å². The van der Waals surface area contributed by atoms with Gasteiger partial charge in [0, 0.05) is 29.9 Å². The number of fused-ring (bicyclic) bond motifs is 2. The minimum Gasteiger partial charge on any atom is -0.389 e. The highest BCUT2D eigenvalue weighted by molar-refractivity contribution is 9.10. The number of hydrogen-bond donors (Lipinski definition) is 1. The van der Waals surface area contributed by atoms with Crippen LogP contribution in [0.5, 0.6) is 0 Å². The molecule has 0 aromatic heterocycles. The van der Waals surface area contributed by atoms with Crippen LogP contribution in [0.2, 0.25) is 0 Å². The molecule has 1 aromatic carbocycles. The first-order valence-corrected chi connectivity index (χ1v) is 7.25. The minimum absolute atomic E-state index is 0.224. The lowest BCUT2D eigenvalue weighted by Gasteiger charge is -2.39. The summed E-state index contributed by atoms with van der Waals surface area (Å²) in [4.78, 5) is 2.39. The second-order valence-electron chi connectivity index (χ2n) is 5.55. The number of rotatable bonds is 2. The first kappa shape index (κ1) is 12.6. The Labute approximate surface area is 115 Å². The molecule has 4 heteroatoms. The van der Waals surface area contributed by atoms with Crippen LogP contribution in [0.25, 0.3) is 0 Å². The molecular formula is C14H17BrFNO. The van der Waals surface area contributed by atoms with Crippen molar-refractivity contribution in [2.75, 3.05) is 19.6 Å². The van der Waals surface area contributed by atoms with E-state index in [1.165, 1.54) is 6.07 Å². The molecule has 0 radical (unpaired) electrons. The zero-order valence-electron chi connectivity index (χ0n) is 10.2. The van der Waals surface area contributed by atoms with Gasteiger partial charge in [0.1, 0.15) is 5.82 Å². The van der Waals surface area contributed by atoms with Gasteiger partial charge < -0.3 is 10.0 Å². The highest BCUT2D eigenvalue weighted by atomic mass is 79.9. The zero-order valence-corrected chi connectivity index (χ0v) is 11.8. The molecule has 0 amide bonds. The van der Waals surface area contributed by atoms with Crippen LogP contribution in [0.1, 0.15) is 18.4 Å². The average Bonchev–Trinajstić information content (AvgIpc) is 2.74. The Bertz CT molecular complexity index is 467. The molecule has 2 bridgehead atoms. The fourth-order valence-electron chi connectivity index (χ4n) is 3.26. The molecule has 0 aliphatic carbocycles. The SMILES string of the molecule is OC1(Cc2ccc(Br)cc2F)CCN2CCC1C2. The molecule has 1 aromatic rings. The zero-order chi connectivity index (χ0) is 12.8. The summed E-state index contributed by atoms with van der Waals surface area (Å²) in [7, 11) is 0. The summed E-state index contributed by atoms with van der Waals surface area (Å²) in [5.74, 6) is 0.0764. The van der Waals surface area contributed by atoms with Crippen molar-refractivity contribution in [3.05, 3.63) is 34.1 Å². The molecule has 2 heterocycles. The van der Waals surface area contributed by atoms with Gasteiger partial charge in [0.2, 0.25) is 0 Å². The van der Waals surface area contributed by atoms with Crippen LogP contribution >= 0.6 is 15.9 Å². The average molecular weight is 314 g/mol. The minimum atomic E-state index is -0.721. The number of benzene rings is 1. The van der Waals surface area contributed by atoms with Crippen molar-refractivity contribution in [1.82, 2.24) is 4.90 Å². The lowest BCUT2D eigenvalue weighted by Crippen LogP contribution is -2.48. The maximum atomic E-state index is 13.9. The fraction of sp³-hybridized carbons (Fsp3) is 0.571. The second kappa shape index (κ2) is 4.58. The van der Waals surface area contributed by atoms with E-state index in [4.69, 9.17) is 0 Å². The summed E-state index contributed by atoms with van der Waals surface area (Å²) in [6, 6.07) is 5.09. The van der Waals surface area contributed by atoms with Gasteiger partial charge in [-0.3, -0.25) is 0 Å². The lowest BCUT2D eigenvalue weighted by atomic mass is 9.78. The summed E-state index contributed by atoms with van der Waals surface area (Å²) in [6.45, 7) is 2.98. The maximum absolute atomic E-state index is 13.9. The molecule has 3 atom stereocenters. The predicted octanol–water partition coefficient (Wildman–Crippen LogP) is 2.59. The van der Waals surface area contributed by atoms with Crippen molar-refractivity contribution in [2.45, 2.75) is 24.9 Å². The van der Waals surface area contributed by atoms with Crippen LogP contribution in [0.3, 0.4) is 0 Å². The molecule has 18 heavy (non-hydrogen) atoms. The van der Waals surface area contributed by atoms with Crippen LogP contribution in [0.4, 0.5) is 4.39 Å². The van der Waals surface area contributed by atoms with Crippen LogP contribution in [-0.4, -0.2) is 35.2 Å². The van der Waals surface area contributed by atoms with Crippen molar-refractivity contribution < 1.29 is 9.50 Å². The van der Waals surface area contributed by atoms with Crippen molar-refractivity contribution in [3.8, 4) is 0 Å². The van der Waals surface area contributed by atoms with Crippen LogP contribution in [0.15, 0.2) is 22.7 Å². The summed E-state index contributed by atoms with van der Waals surface area (Å²) in [5, 5.41) is 10.8. The quantitative estimate of drug-likeness (QED) is 0.907. The molecular weight excluding hydrogens is 297 g/mol. The second-order valence-corrected chi connectivity index (χ2v) is 6.47. The van der Waals surface area contributed by atoms with E-state index in [9.17, 15) is 9.50 Å². The Balaban J connectivity index is 1.82. The van der Waals surface area contributed by atoms with Gasteiger partial charge in [-0.15, -0.1) is 0 Å². The molecule has 2 saturated heterocycles. The van der Waals surface area contributed by atoms with E-state index in [1.54, 1.807) is 6.07 Å². The Kier molecular flexibility index (Phi) is 3.20. The summed E-state index contributed by atoms with van der Waals surface area (Å²) < 4.78 is 14.6. The van der Waals surface area contributed by atoms with E-state index >= 15 is 0 Å². The third-order valence-corrected chi connectivity index (χ3v) is 4.90. The highest BCUT2D eigenvalue weighted by Crippen LogP contribution is 2.38. The Morgan fingerprint density at radius 2 is 2.28 bits per heavy atom. The Morgan fingerprint density at radius 1 is 1.44 bits per heavy atom. The molecule has 2 fully saturated rings. The summed E-state index contributed by atoms with van der Waals surface area (Å²) in [6.07, 6.45) is 2.23. The van der Waals surface area contributed by atoms with Gasteiger partial charge in [0.25, 0.3) is 0 Å².